The van der Waals surface area contributed by atoms with Gasteiger partial charge in [-0.25, -0.2) is 12.8 Å². The van der Waals surface area contributed by atoms with Crippen LogP contribution in [0.15, 0.2) is 77.7 Å². The molecule has 0 heterocycles. The van der Waals surface area contributed by atoms with Crippen LogP contribution in [0.1, 0.15) is 41.4 Å². The highest BCUT2D eigenvalue weighted by Gasteiger charge is 2.23. The maximum atomic E-state index is 13.5. The van der Waals surface area contributed by atoms with E-state index >= 15 is 0 Å². The molecule has 0 aliphatic carbocycles. The summed E-state index contributed by atoms with van der Waals surface area (Å²) in [6.45, 7) is 4.28. The fourth-order valence-corrected chi connectivity index (χ4v) is 4.97. The molecule has 0 spiro atoms. The number of amides is 1. The second kappa shape index (κ2) is 10.6. The fraction of sp³-hybridized carbons (Fsp3) is 0.240. The van der Waals surface area contributed by atoms with Crippen molar-refractivity contribution in [3.63, 3.8) is 0 Å². The van der Waals surface area contributed by atoms with Gasteiger partial charge in [0, 0.05) is 18.7 Å². The van der Waals surface area contributed by atoms with E-state index in [1.165, 1.54) is 40.7 Å². The van der Waals surface area contributed by atoms with Gasteiger partial charge in [-0.15, -0.1) is 0 Å². The first-order chi connectivity index (χ1) is 15.8. The lowest BCUT2D eigenvalue weighted by molar-refractivity contribution is 0.0943. The van der Waals surface area contributed by atoms with E-state index in [0.29, 0.717) is 30.0 Å². The Balaban J connectivity index is 1.88. The SMILES string of the molecule is CCN(CC)S(=O)(=O)c1ccc(C(=O)NC(c2ccc(F)cc2)c2ccc(OC)cc2)cc1. The van der Waals surface area contributed by atoms with Crippen molar-refractivity contribution >= 4 is 15.9 Å². The maximum absolute atomic E-state index is 13.5. The number of ether oxygens (including phenoxy) is 1. The Bertz CT molecular complexity index is 1170. The molecule has 3 aromatic carbocycles. The Labute approximate surface area is 194 Å². The van der Waals surface area contributed by atoms with E-state index in [1.54, 1.807) is 45.2 Å². The third-order valence-corrected chi connectivity index (χ3v) is 7.45. The smallest absolute Gasteiger partial charge is 0.252 e. The van der Waals surface area contributed by atoms with Crippen molar-refractivity contribution in [3.8, 4) is 5.75 Å². The van der Waals surface area contributed by atoms with E-state index in [2.05, 4.69) is 5.32 Å². The van der Waals surface area contributed by atoms with Crippen molar-refractivity contribution in [1.29, 1.82) is 0 Å². The molecule has 0 aliphatic rings. The zero-order valence-corrected chi connectivity index (χ0v) is 19.6. The second-order valence-electron chi connectivity index (χ2n) is 7.34. The molecule has 0 bridgehead atoms. The van der Waals surface area contributed by atoms with Crippen molar-refractivity contribution in [3.05, 3.63) is 95.3 Å². The van der Waals surface area contributed by atoms with E-state index in [4.69, 9.17) is 4.74 Å². The van der Waals surface area contributed by atoms with Crippen LogP contribution in [-0.4, -0.2) is 38.8 Å². The molecule has 1 amide bonds. The van der Waals surface area contributed by atoms with Crippen LogP contribution < -0.4 is 10.1 Å². The quantitative estimate of drug-likeness (QED) is 0.504. The zero-order chi connectivity index (χ0) is 24.0. The third kappa shape index (κ3) is 5.58. The number of benzene rings is 3. The minimum absolute atomic E-state index is 0.132. The van der Waals surface area contributed by atoms with E-state index in [-0.39, 0.29) is 16.6 Å². The molecule has 0 saturated heterocycles. The number of sulfonamides is 1. The van der Waals surface area contributed by atoms with Crippen molar-refractivity contribution in [2.75, 3.05) is 20.2 Å². The summed E-state index contributed by atoms with van der Waals surface area (Å²) in [5.74, 6) is -0.0802. The first-order valence-corrected chi connectivity index (χ1v) is 12.0. The van der Waals surface area contributed by atoms with Gasteiger partial charge in [-0.3, -0.25) is 4.79 Å². The lowest BCUT2D eigenvalue weighted by atomic mass is 9.98. The summed E-state index contributed by atoms with van der Waals surface area (Å²) in [6, 6.07) is 18.4. The van der Waals surface area contributed by atoms with Crippen molar-refractivity contribution in [1.82, 2.24) is 9.62 Å². The Morgan fingerprint density at radius 2 is 1.42 bits per heavy atom. The Hall–Kier alpha value is -3.23. The van der Waals surface area contributed by atoms with Crippen LogP contribution in [-0.2, 0) is 10.0 Å². The standard InChI is InChI=1S/C25H27FN2O4S/c1-4-28(5-2)33(30,31)23-16-10-20(11-17-23)25(29)27-24(18-6-12-21(26)13-7-18)19-8-14-22(32-3)15-9-19/h6-17,24H,4-5H2,1-3H3,(H,27,29). The van der Waals surface area contributed by atoms with E-state index in [0.717, 1.165) is 5.56 Å². The molecule has 0 aliphatic heterocycles. The first kappa shape index (κ1) is 24.4. The number of carbonyl (C=O) groups excluding carboxylic acids is 1. The van der Waals surface area contributed by atoms with Gasteiger partial charge in [0.25, 0.3) is 5.91 Å². The number of nitrogens with one attached hydrogen (secondary N) is 1. The van der Waals surface area contributed by atoms with Crippen LogP contribution in [0.2, 0.25) is 0 Å². The Morgan fingerprint density at radius 3 is 1.91 bits per heavy atom. The number of rotatable bonds is 9. The predicted octanol–water partition coefficient (Wildman–Crippen LogP) is 4.38. The molecule has 0 fully saturated rings. The number of hydrogen-bond acceptors (Lipinski definition) is 4. The summed E-state index contributed by atoms with van der Waals surface area (Å²) >= 11 is 0. The van der Waals surface area contributed by atoms with Gasteiger partial charge in [0.1, 0.15) is 11.6 Å². The fourth-order valence-electron chi connectivity index (χ4n) is 3.52. The number of hydrogen-bond donors (Lipinski definition) is 1. The molecule has 0 radical (unpaired) electrons. The van der Waals surface area contributed by atoms with Gasteiger partial charge in [-0.1, -0.05) is 38.1 Å². The molecule has 33 heavy (non-hydrogen) atoms. The largest absolute Gasteiger partial charge is 0.497 e. The van der Waals surface area contributed by atoms with Gasteiger partial charge in [0.15, 0.2) is 0 Å². The summed E-state index contributed by atoms with van der Waals surface area (Å²) in [5.41, 5.74) is 1.81. The first-order valence-electron chi connectivity index (χ1n) is 10.6. The normalized spacial score (nSPS) is 12.4. The van der Waals surface area contributed by atoms with E-state index in [9.17, 15) is 17.6 Å². The van der Waals surface area contributed by atoms with Crippen LogP contribution in [0.25, 0.3) is 0 Å². The minimum atomic E-state index is -3.61. The van der Waals surface area contributed by atoms with Crippen LogP contribution in [0.4, 0.5) is 4.39 Å². The van der Waals surface area contributed by atoms with E-state index in [1.807, 2.05) is 12.1 Å². The number of carbonyl (C=O) groups is 1. The van der Waals surface area contributed by atoms with Crippen LogP contribution >= 0.6 is 0 Å². The molecule has 6 nitrogen and oxygen atoms in total. The molecule has 174 valence electrons. The Kier molecular flexibility index (Phi) is 7.84. The van der Waals surface area contributed by atoms with Crippen LogP contribution in [0.3, 0.4) is 0 Å². The van der Waals surface area contributed by atoms with Gasteiger partial charge in [0.05, 0.1) is 18.0 Å². The van der Waals surface area contributed by atoms with Gasteiger partial charge in [-0.05, 0) is 59.7 Å². The number of halogens is 1. The van der Waals surface area contributed by atoms with Crippen molar-refractivity contribution in [2.45, 2.75) is 24.8 Å². The number of methoxy groups -OCH3 is 1. The van der Waals surface area contributed by atoms with Crippen molar-refractivity contribution in [2.24, 2.45) is 0 Å². The third-order valence-electron chi connectivity index (χ3n) is 5.39. The highest BCUT2D eigenvalue weighted by molar-refractivity contribution is 7.89. The topological polar surface area (TPSA) is 75.7 Å². The molecule has 0 saturated carbocycles. The van der Waals surface area contributed by atoms with Gasteiger partial charge in [-0.2, -0.15) is 4.31 Å². The average Bonchev–Trinajstić information content (AvgIpc) is 2.84. The van der Waals surface area contributed by atoms with Crippen LogP contribution in [0.5, 0.6) is 5.75 Å². The molecular formula is C25H27FN2O4S. The summed E-state index contributed by atoms with van der Waals surface area (Å²) in [4.78, 5) is 13.2. The molecular weight excluding hydrogens is 443 g/mol. The summed E-state index contributed by atoms with van der Waals surface area (Å²) in [7, 11) is -2.04. The molecule has 3 aromatic rings. The molecule has 1 unspecified atom stereocenters. The highest BCUT2D eigenvalue weighted by Crippen LogP contribution is 2.25. The van der Waals surface area contributed by atoms with E-state index < -0.39 is 16.1 Å². The minimum Gasteiger partial charge on any atom is -0.497 e. The zero-order valence-electron chi connectivity index (χ0n) is 18.8. The van der Waals surface area contributed by atoms with Gasteiger partial charge in [0.2, 0.25) is 10.0 Å². The predicted molar refractivity (Wildman–Crippen MR) is 125 cm³/mol. The molecule has 1 atom stereocenters. The van der Waals surface area contributed by atoms with Gasteiger partial charge < -0.3 is 10.1 Å². The second-order valence-corrected chi connectivity index (χ2v) is 9.28. The average molecular weight is 471 g/mol. The summed E-state index contributed by atoms with van der Waals surface area (Å²) in [6.07, 6.45) is 0. The maximum Gasteiger partial charge on any atom is 0.252 e. The lowest BCUT2D eigenvalue weighted by Gasteiger charge is -2.21. The number of nitrogens with zero attached hydrogens (tertiary/aromatic N) is 1. The van der Waals surface area contributed by atoms with Gasteiger partial charge >= 0.3 is 0 Å². The molecule has 1 N–H and O–H groups in total. The lowest BCUT2D eigenvalue weighted by Crippen LogP contribution is -2.31. The van der Waals surface area contributed by atoms with Crippen LogP contribution in [0, 0.1) is 5.82 Å². The Morgan fingerprint density at radius 1 is 0.909 bits per heavy atom. The molecule has 3 rings (SSSR count). The summed E-state index contributed by atoms with van der Waals surface area (Å²) < 4.78 is 45.4. The highest BCUT2D eigenvalue weighted by atomic mass is 32.2. The summed E-state index contributed by atoms with van der Waals surface area (Å²) in [5, 5.41) is 2.96. The molecule has 0 aromatic heterocycles. The molecule has 8 heteroatoms. The monoisotopic (exact) mass is 470 g/mol. The van der Waals surface area contributed by atoms with Crippen molar-refractivity contribution < 1.29 is 22.3 Å².